The van der Waals surface area contributed by atoms with Gasteiger partial charge in [-0.3, -0.25) is 14.4 Å². The van der Waals surface area contributed by atoms with Crippen molar-refractivity contribution in [2.75, 3.05) is 20.1 Å². The Morgan fingerprint density at radius 2 is 1.88 bits per heavy atom. The normalized spacial score (nSPS) is 23.5. The molecular formula is C19H24N4O. The molecule has 0 saturated carbocycles. The summed E-state index contributed by atoms with van der Waals surface area (Å²) in [6, 6.07) is 10.7. The quantitative estimate of drug-likeness (QED) is 0.813. The molecule has 0 aliphatic carbocycles. The van der Waals surface area contributed by atoms with Crippen molar-refractivity contribution in [3.05, 3.63) is 53.9 Å². The van der Waals surface area contributed by atoms with Crippen LogP contribution in [0.2, 0.25) is 0 Å². The lowest BCUT2D eigenvalue weighted by atomic mass is 9.62. The van der Waals surface area contributed by atoms with E-state index in [9.17, 15) is 4.79 Å². The molecule has 1 spiro atoms. The molecule has 5 nitrogen and oxygen atoms in total. The predicted molar refractivity (Wildman–Crippen MR) is 92.1 cm³/mol. The Kier molecular flexibility index (Phi) is 3.68. The van der Waals surface area contributed by atoms with E-state index in [0.717, 1.165) is 32.5 Å². The largest absolute Gasteiger partial charge is 0.337 e. The second kappa shape index (κ2) is 5.74. The van der Waals surface area contributed by atoms with Gasteiger partial charge in [-0.25, -0.2) is 0 Å². The Hall–Kier alpha value is -2.14. The van der Waals surface area contributed by atoms with Crippen LogP contribution < -0.4 is 0 Å². The predicted octanol–water partition coefficient (Wildman–Crippen LogP) is 2.22. The van der Waals surface area contributed by atoms with Gasteiger partial charge in [-0.2, -0.15) is 5.10 Å². The molecule has 2 fully saturated rings. The highest BCUT2D eigenvalue weighted by Gasteiger charge is 2.59. The average Bonchev–Trinajstić information content (AvgIpc) is 3.02. The molecule has 3 heterocycles. The van der Waals surface area contributed by atoms with Crippen molar-refractivity contribution >= 4 is 5.91 Å². The van der Waals surface area contributed by atoms with E-state index in [1.807, 2.05) is 35.9 Å². The molecule has 126 valence electrons. The van der Waals surface area contributed by atoms with E-state index in [0.29, 0.717) is 5.91 Å². The van der Waals surface area contributed by atoms with Gasteiger partial charge in [-0.1, -0.05) is 30.3 Å². The fourth-order valence-corrected chi connectivity index (χ4v) is 4.48. The summed E-state index contributed by atoms with van der Waals surface area (Å²) in [5.41, 5.74) is 2.31. The van der Waals surface area contributed by atoms with Crippen LogP contribution in [0.5, 0.6) is 0 Å². The second-order valence-electron chi connectivity index (χ2n) is 7.18. The van der Waals surface area contributed by atoms with Gasteiger partial charge in [0.25, 0.3) is 0 Å². The number of carbonyl (C=O) groups excluding carboxylic acids is 1. The zero-order chi connectivity index (χ0) is 16.7. The molecular weight excluding hydrogens is 300 g/mol. The van der Waals surface area contributed by atoms with Crippen molar-refractivity contribution in [2.45, 2.75) is 25.4 Å². The molecule has 2 aliphatic heterocycles. The van der Waals surface area contributed by atoms with Gasteiger partial charge in [0.1, 0.15) is 0 Å². The summed E-state index contributed by atoms with van der Waals surface area (Å²) in [6.45, 7) is 2.86. The molecule has 2 aliphatic rings. The number of benzene rings is 1. The molecule has 24 heavy (non-hydrogen) atoms. The lowest BCUT2D eigenvalue weighted by Crippen LogP contribution is -2.64. The molecule has 1 unspecified atom stereocenters. The van der Waals surface area contributed by atoms with Crippen molar-refractivity contribution < 1.29 is 4.79 Å². The molecule has 1 atom stereocenters. The summed E-state index contributed by atoms with van der Waals surface area (Å²) in [4.78, 5) is 17.0. The third-order valence-corrected chi connectivity index (χ3v) is 5.69. The van der Waals surface area contributed by atoms with E-state index in [1.54, 1.807) is 0 Å². The molecule has 2 aromatic rings. The number of aromatic nitrogens is 2. The lowest BCUT2D eigenvalue weighted by Gasteiger charge is -2.58. The van der Waals surface area contributed by atoms with Gasteiger partial charge >= 0.3 is 0 Å². The number of β-lactam (4-membered cyclic amide) rings is 1. The number of amides is 1. The zero-order valence-electron chi connectivity index (χ0n) is 14.4. The summed E-state index contributed by atoms with van der Waals surface area (Å²) in [7, 11) is 3.88. The number of rotatable bonds is 3. The van der Waals surface area contributed by atoms with Gasteiger partial charge < -0.3 is 4.90 Å². The molecule has 2 saturated heterocycles. The third kappa shape index (κ3) is 2.35. The maximum atomic E-state index is 12.7. The Labute approximate surface area is 142 Å². The van der Waals surface area contributed by atoms with Crippen LogP contribution in [0.15, 0.2) is 42.7 Å². The van der Waals surface area contributed by atoms with Crippen molar-refractivity contribution in [3.63, 3.8) is 0 Å². The number of aryl methyl sites for hydroxylation is 1. The van der Waals surface area contributed by atoms with Crippen molar-refractivity contribution in [2.24, 2.45) is 12.5 Å². The average molecular weight is 324 g/mol. The van der Waals surface area contributed by atoms with Crippen LogP contribution in [0.3, 0.4) is 0 Å². The van der Waals surface area contributed by atoms with Gasteiger partial charge in [0.2, 0.25) is 5.91 Å². The molecule has 1 aromatic carbocycles. The molecule has 4 rings (SSSR count). The highest BCUT2D eigenvalue weighted by Crippen LogP contribution is 2.55. The number of carbonyl (C=O) groups is 1. The summed E-state index contributed by atoms with van der Waals surface area (Å²) in [5.74, 6) is 0.317. The first-order valence-electron chi connectivity index (χ1n) is 8.62. The summed E-state index contributed by atoms with van der Waals surface area (Å²) in [5, 5.41) is 4.24. The minimum atomic E-state index is -0.193. The molecule has 1 aromatic heterocycles. The smallest absolute Gasteiger partial charge is 0.231 e. The van der Waals surface area contributed by atoms with Gasteiger partial charge in [0.15, 0.2) is 0 Å². The standard InChI is InChI=1S/C19H24N4O/c1-21-13-15(12-20-21)14-23-10-8-19(9-11-23)17(22(2)18(19)24)16-6-4-3-5-7-16/h3-7,12-13,17H,8-11,14H2,1-2H3. The maximum absolute atomic E-state index is 12.7. The van der Waals surface area contributed by atoms with Crippen molar-refractivity contribution in [1.82, 2.24) is 19.6 Å². The number of hydrogen-bond donors (Lipinski definition) is 0. The lowest BCUT2D eigenvalue weighted by molar-refractivity contribution is -0.176. The third-order valence-electron chi connectivity index (χ3n) is 5.69. The SMILES string of the molecule is CN1C(=O)C2(CCN(Cc3cnn(C)c3)CC2)C1c1ccccc1. The van der Waals surface area contributed by atoms with Crippen LogP contribution in [0.4, 0.5) is 0 Å². The first-order chi connectivity index (χ1) is 11.6. The van der Waals surface area contributed by atoms with E-state index < -0.39 is 0 Å². The molecule has 0 radical (unpaired) electrons. The van der Waals surface area contributed by atoms with E-state index in [1.165, 1.54) is 11.1 Å². The highest BCUT2D eigenvalue weighted by atomic mass is 16.2. The Morgan fingerprint density at radius 1 is 1.17 bits per heavy atom. The van der Waals surface area contributed by atoms with Crippen molar-refractivity contribution in [3.8, 4) is 0 Å². The Balaban J connectivity index is 1.47. The van der Waals surface area contributed by atoms with Crippen LogP contribution in [-0.2, 0) is 18.4 Å². The first-order valence-corrected chi connectivity index (χ1v) is 8.62. The van der Waals surface area contributed by atoms with E-state index in [4.69, 9.17) is 0 Å². The van der Waals surface area contributed by atoms with Crippen LogP contribution in [0.1, 0.15) is 30.0 Å². The molecule has 1 amide bonds. The summed E-state index contributed by atoms with van der Waals surface area (Å²) >= 11 is 0. The van der Waals surface area contributed by atoms with Crippen LogP contribution >= 0.6 is 0 Å². The van der Waals surface area contributed by atoms with Gasteiger partial charge in [-0.15, -0.1) is 0 Å². The van der Waals surface area contributed by atoms with Crippen LogP contribution in [0.25, 0.3) is 0 Å². The number of hydrogen-bond acceptors (Lipinski definition) is 3. The minimum absolute atomic E-state index is 0.193. The number of nitrogens with zero attached hydrogens (tertiary/aromatic N) is 4. The second-order valence-corrected chi connectivity index (χ2v) is 7.18. The summed E-state index contributed by atoms with van der Waals surface area (Å²) < 4.78 is 1.84. The van der Waals surface area contributed by atoms with Gasteiger partial charge in [-0.05, 0) is 31.5 Å². The topological polar surface area (TPSA) is 41.4 Å². The van der Waals surface area contributed by atoms with Crippen LogP contribution in [-0.4, -0.2) is 45.6 Å². The minimum Gasteiger partial charge on any atom is -0.337 e. The molecule has 0 bridgehead atoms. The fourth-order valence-electron chi connectivity index (χ4n) is 4.48. The molecule has 0 N–H and O–H groups in total. The van der Waals surface area contributed by atoms with Crippen molar-refractivity contribution in [1.29, 1.82) is 0 Å². The van der Waals surface area contributed by atoms with Gasteiger partial charge in [0, 0.05) is 32.4 Å². The van der Waals surface area contributed by atoms with E-state index >= 15 is 0 Å². The zero-order valence-corrected chi connectivity index (χ0v) is 14.4. The fraction of sp³-hybridized carbons (Fsp3) is 0.474. The van der Waals surface area contributed by atoms with Gasteiger partial charge in [0.05, 0.1) is 17.7 Å². The van der Waals surface area contributed by atoms with E-state index in [2.05, 4.69) is 40.5 Å². The Morgan fingerprint density at radius 3 is 2.50 bits per heavy atom. The number of piperidine rings is 1. The number of likely N-dealkylation sites (tertiary alicyclic amines) is 2. The summed E-state index contributed by atoms with van der Waals surface area (Å²) in [6.07, 6.45) is 5.88. The molecule has 5 heteroatoms. The Bertz CT molecular complexity index is 731. The van der Waals surface area contributed by atoms with Crippen LogP contribution in [0, 0.1) is 5.41 Å². The van der Waals surface area contributed by atoms with E-state index in [-0.39, 0.29) is 11.5 Å². The first kappa shape index (κ1) is 15.4. The highest BCUT2D eigenvalue weighted by molar-refractivity contribution is 5.90. The monoisotopic (exact) mass is 324 g/mol. The maximum Gasteiger partial charge on any atom is 0.231 e.